The van der Waals surface area contributed by atoms with Gasteiger partial charge in [0.25, 0.3) is 0 Å². The van der Waals surface area contributed by atoms with E-state index in [1.165, 1.54) is 5.69 Å². The molecule has 3 heterocycles. The van der Waals surface area contributed by atoms with Crippen molar-refractivity contribution in [2.75, 3.05) is 57.5 Å². The predicted octanol–water partition coefficient (Wildman–Crippen LogP) is 2.84. The van der Waals surface area contributed by atoms with Gasteiger partial charge in [-0.15, -0.1) is 0 Å². The molecule has 0 amide bonds. The zero-order chi connectivity index (χ0) is 18.3. The van der Waals surface area contributed by atoms with Gasteiger partial charge in [0.05, 0.1) is 32.0 Å². The highest BCUT2D eigenvalue weighted by Gasteiger charge is 2.33. The van der Waals surface area contributed by atoms with Crippen LogP contribution in [-0.4, -0.2) is 63.0 Å². The third kappa shape index (κ3) is 3.20. The molecule has 2 saturated heterocycles. The Morgan fingerprint density at radius 2 is 1.70 bits per heavy atom. The van der Waals surface area contributed by atoms with E-state index in [0.29, 0.717) is 0 Å². The van der Waals surface area contributed by atoms with Crippen molar-refractivity contribution in [1.29, 1.82) is 0 Å². The van der Waals surface area contributed by atoms with E-state index in [2.05, 4.69) is 59.2 Å². The number of fused-ring (bicyclic) bond motifs is 2. The molecule has 5 rings (SSSR count). The van der Waals surface area contributed by atoms with E-state index in [0.717, 1.165) is 75.3 Å². The average Bonchev–Trinajstić information content (AvgIpc) is 2.73. The summed E-state index contributed by atoms with van der Waals surface area (Å²) >= 11 is 0. The second-order valence-electron chi connectivity index (χ2n) is 7.69. The van der Waals surface area contributed by atoms with Crippen LogP contribution in [0.5, 0.6) is 5.75 Å². The molecule has 4 aliphatic rings. The summed E-state index contributed by atoms with van der Waals surface area (Å²) in [7, 11) is 0. The van der Waals surface area contributed by atoms with Crippen LogP contribution in [0.25, 0.3) is 6.08 Å². The van der Waals surface area contributed by atoms with Crippen LogP contribution in [0.3, 0.4) is 0 Å². The summed E-state index contributed by atoms with van der Waals surface area (Å²) in [6, 6.07) is 6.51. The third-order valence-corrected chi connectivity index (χ3v) is 5.90. The Bertz CT molecular complexity index is 817. The van der Waals surface area contributed by atoms with Crippen LogP contribution >= 0.6 is 0 Å². The Balaban J connectivity index is 1.43. The number of hydrogen-bond acceptors (Lipinski definition) is 5. The highest BCUT2D eigenvalue weighted by atomic mass is 16.5. The lowest BCUT2D eigenvalue weighted by Gasteiger charge is -2.41. The molecule has 0 radical (unpaired) electrons. The summed E-state index contributed by atoms with van der Waals surface area (Å²) in [5, 5.41) is 0. The molecular formula is C22H26N2O3. The monoisotopic (exact) mass is 366 g/mol. The average molecular weight is 366 g/mol. The largest absolute Gasteiger partial charge is 0.456 e. The van der Waals surface area contributed by atoms with Crippen molar-refractivity contribution in [3.05, 3.63) is 53.3 Å². The number of rotatable bonds is 2. The first kappa shape index (κ1) is 17.0. The molecule has 0 saturated carbocycles. The molecule has 0 N–H and O–H groups in total. The molecule has 5 nitrogen and oxygen atoms in total. The summed E-state index contributed by atoms with van der Waals surface area (Å²) in [6.07, 6.45) is 8.96. The molecule has 27 heavy (non-hydrogen) atoms. The van der Waals surface area contributed by atoms with Crippen molar-refractivity contribution in [2.45, 2.75) is 12.5 Å². The second kappa shape index (κ2) is 6.82. The first-order chi connectivity index (χ1) is 13.2. The summed E-state index contributed by atoms with van der Waals surface area (Å²) in [5.74, 6) is 1.90. The summed E-state index contributed by atoms with van der Waals surface area (Å²) in [6.45, 7) is 9.17. The zero-order valence-corrected chi connectivity index (χ0v) is 15.8. The summed E-state index contributed by atoms with van der Waals surface area (Å²) in [4.78, 5) is 4.82. The first-order valence-corrected chi connectivity index (χ1v) is 9.83. The molecule has 2 fully saturated rings. The predicted molar refractivity (Wildman–Crippen MR) is 106 cm³/mol. The fraction of sp³-hybridized carbons (Fsp3) is 0.455. The maximum atomic E-state index is 6.38. The second-order valence-corrected chi connectivity index (χ2v) is 7.69. The van der Waals surface area contributed by atoms with Gasteiger partial charge in [0, 0.05) is 49.1 Å². The summed E-state index contributed by atoms with van der Waals surface area (Å²) < 4.78 is 17.4. The van der Waals surface area contributed by atoms with Crippen LogP contribution in [0.4, 0.5) is 5.69 Å². The number of anilines is 1. The molecule has 1 unspecified atom stereocenters. The zero-order valence-electron chi connectivity index (χ0n) is 15.8. The van der Waals surface area contributed by atoms with Crippen molar-refractivity contribution in [3.63, 3.8) is 0 Å². The van der Waals surface area contributed by atoms with E-state index in [1.807, 2.05) is 0 Å². The van der Waals surface area contributed by atoms with Crippen molar-refractivity contribution in [1.82, 2.24) is 4.90 Å². The Labute approximate surface area is 160 Å². The minimum absolute atomic E-state index is 0.129. The topological polar surface area (TPSA) is 34.2 Å². The first-order valence-electron chi connectivity index (χ1n) is 9.83. The van der Waals surface area contributed by atoms with E-state index in [1.54, 1.807) is 0 Å². The van der Waals surface area contributed by atoms with E-state index < -0.39 is 0 Å². The number of allylic oxidation sites excluding steroid dienone is 1. The number of benzene rings is 1. The van der Waals surface area contributed by atoms with E-state index >= 15 is 0 Å². The number of hydrogen-bond donors (Lipinski definition) is 0. The standard InChI is InChI=1S/C22H26N2O3/c1-22(24-8-12-26-13-9-24)5-4-18-14-17-2-3-19(23-6-10-25-11-7-23)15-20(17)27-21(18)16-22/h2-5,14-16H,6-13H2,1H3. The van der Waals surface area contributed by atoms with Crippen molar-refractivity contribution in [3.8, 4) is 5.75 Å². The van der Waals surface area contributed by atoms with Gasteiger partial charge >= 0.3 is 0 Å². The van der Waals surface area contributed by atoms with Crippen molar-refractivity contribution < 1.29 is 14.2 Å². The molecule has 1 aromatic rings. The Hall–Kier alpha value is -2.08. The van der Waals surface area contributed by atoms with Crippen LogP contribution < -0.4 is 9.64 Å². The molecular weight excluding hydrogens is 340 g/mol. The minimum atomic E-state index is -0.129. The van der Waals surface area contributed by atoms with Gasteiger partial charge in [-0.2, -0.15) is 0 Å². The van der Waals surface area contributed by atoms with E-state index in [-0.39, 0.29) is 5.54 Å². The molecule has 1 aliphatic carbocycles. The van der Waals surface area contributed by atoms with Gasteiger partial charge in [-0.25, -0.2) is 0 Å². The Morgan fingerprint density at radius 1 is 0.963 bits per heavy atom. The molecule has 0 bridgehead atoms. The Kier molecular flexibility index (Phi) is 4.31. The third-order valence-electron chi connectivity index (χ3n) is 5.90. The van der Waals surface area contributed by atoms with Gasteiger partial charge in [0.1, 0.15) is 11.5 Å². The van der Waals surface area contributed by atoms with Gasteiger partial charge in [-0.3, -0.25) is 4.90 Å². The van der Waals surface area contributed by atoms with E-state index in [4.69, 9.17) is 14.2 Å². The van der Waals surface area contributed by atoms with Crippen molar-refractivity contribution in [2.24, 2.45) is 0 Å². The molecule has 142 valence electrons. The molecule has 5 heteroatoms. The number of nitrogens with zero attached hydrogens (tertiary/aromatic N) is 2. The summed E-state index contributed by atoms with van der Waals surface area (Å²) in [5.41, 5.74) is 3.36. The smallest absolute Gasteiger partial charge is 0.136 e. The van der Waals surface area contributed by atoms with Crippen LogP contribution in [0.15, 0.2) is 47.8 Å². The van der Waals surface area contributed by atoms with Gasteiger partial charge in [0.15, 0.2) is 0 Å². The molecule has 1 aromatic carbocycles. The van der Waals surface area contributed by atoms with Gasteiger partial charge < -0.3 is 19.1 Å². The number of ether oxygens (including phenoxy) is 3. The highest BCUT2D eigenvalue weighted by molar-refractivity contribution is 5.73. The van der Waals surface area contributed by atoms with Crippen LogP contribution in [0.1, 0.15) is 12.5 Å². The fourth-order valence-corrected chi connectivity index (χ4v) is 4.22. The lowest BCUT2D eigenvalue weighted by molar-refractivity contribution is 0.0113. The fourth-order valence-electron chi connectivity index (χ4n) is 4.22. The van der Waals surface area contributed by atoms with Gasteiger partial charge in [-0.05, 0) is 31.2 Å². The highest BCUT2D eigenvalue weighted by Crippen LogP contribution is 2.39. The lowest BCUT2D eigenvalue weighted by atomic mass is 9.89. The van der Waals surface area contributed by atoms with Gasteiger partial charge in [0.2, 0.25) is 0 Å². The quantitative estimate of drug-likeness (QED) is 0.804. The molecule has 3 aliphatic heterocycles. The SMILES string of the molecule is CC1(N2CCOCC2)C=CC2=Cc3ccc(N4CCOCC4)cc3OC2=C1. The molecule has 0 spiro atoms. The van der Waals surface area contributed by atoms with Crippen molar-refractivity contribution >= 4 is 11.8 Å². The number of morpholine rings is 2. The van der Waals surface area contributed by atoms with Crippen LogP contribution in [0, 0.1) is 0 Å². The Morgan fingerprint density at radius 3 is 2.48 bits per heavy atom. The van der Waals surface area contributed by atoms with Gasteiger partial charge in [-0.1, -0.05) is 12.2 Å². The van der Waals surface area contributed by atoms with Crippen LogP contribution in [0.2, 0.25) is 0 Å². The minimum Gasteiger partial charge on any atom is -0.456 e. The van der Waals surface area contributed by atoms with Crippen LogP contribution in [-0.2, 0) is 9.47 Å². The maximum Gasteiger partial charge on any atom is 0.136 e. The normalized spacial score (nSPS) is 28.0. The lowest BCUT2D eigenvalue weighted by Crippen LogP contribution is -2.50. The van der Waals surface area contributed by atoms with E-state index in [9.17, 15) is 0 Å². The molecule has 0 aromatic heterocycles. The maximum absolute atomic E-state index is 6.38. The molecule has 1 atom stereocenters.